The Bertz CT molecular complexity index is 383. The molecule has 1 aromatic carbocycles. The van der Waals surface area contributed by atoms with Crippen molar-refractivity contribution in [1.29, 1.82) is 0 Å². The largest absolute Gasteiger partial charge is 0.356 e. The molecule has 0 bridgehead atoms. The number of anilines is 1. The maximum absolute atomic E-state index is 5.40. The first-order valence-corrected chi connectivity index (χ1v) is 4.79. The van der Waals surface area contributed by atoms with Crippen LogP contribution in [0.25, 0.3) is 11.0 Å². The van der Waals surface area contributed by atoms with E-state index >= 15 is 0 Å². The van der Waals surface area contributed by atoms with Crippen LogP contribution in [0, 0.1) is 0 Å². The number of hydrogen-bond acceptors (Lipinski definition) is 3. The quantitative estimate of drug-likeness (QED) is 0.740. The Morgan fingerprint density at radius 1 is 1.25 bits per heavy atom. The van der Waals surface area contributed by atoms with E-state index in [9.17, 15) is 0 Å². The number of rotatable bonds is 4. The lowest BCUT2D eigenvalue weighted by Gasteiger charge is -1.98. The van der Waals surface area contributed by atoms with Crippen molar-refractivity contribution in [3.63, 3.8) is 0 Å². The second-order valence-electron chi connectivity index (χ2n) is 3.17. The number of nitrogens with one attached hydrogen (secondary N) is 2. The summed E-state index contributed by atoms with van der Waals surface area (Å²) in [6.07, 6.45) is 0.955. The third kappa shape index (κ3) is 3.56. The molecule has 4 nitrogen and oxygen atoms in total. The minimum absolute atomic E-state index is 0. The molecule has 0 aliphatic rings. The number of halogens is 2. The van der Waals surface area contributed by atoms with Crippen LogP contribution < -0.4 is 11.1 Å². The van der Waals surface area contributed by atoms with Crippen molar-refractivity contribution < 1.29 is 0 Å². The molecule has 0 unspecified atom stereocenters. The van der Waals surface area contributed by atoms with Crippen molar-refractivity contribution in [3.05, 3.63) is 24.3 Å². The minimum Gasteiger partial charge on any atom is -0.356 e. The molecule has 6 heteroatoms. The number of benzene rings is 1. The van der Waals surface area contributed by atoms with Crippen molar-refractivity contribution >= 4 is 41.8 Å². The van der Waals surface area contributed by atoms with Crippen LogP contribution in [0.15, 0.2) is 24.3 Å². The molecular weight excluding hydrogens is 247 g/mol. The summed E-state index contributed by atoms with van der Waals surface area (Å²) in [5.74, 6) is 0.819. The van der Waals surface area contributed by atoms with Gasteiger partial charge in [-0.1, -0.05) is 12.1 Å². The number of aromatic amines is 1. The summed E-state index contributed by atoms with van der Waals surface area (Å²) in [7, 11) is 0. The number of nitrogens with two attached hydrogens (primary N) is 1. The van der Waals surface area contributed by atoms with Gasteiger partial charge in [0.2, 0.25) is 5.95 Å². The normalized spacial score (nSPS) is 9.31. The van der Waals surface area contributed by atoms with Crippen LogP contribution in [-0.4, -0.2) is 23.1 Å². The van der Waals surface area contributed by atoms with Gasteiger partial charge in [0.15, 0.2) is 0 Å². The SMILES string of the molecule is Cl.Cl.NCCCNc1nc2ccccc2[nH]1. The molecular formula is C10H16Cl2N4. The van der Waals surface area contributed by atoms with Gasteiger partial charge in [0.05, 0.1) is 11.0 Å². The second-order valence-corrected chi connectivity index (χ2v) is 3.17. The monoisotopic (exact) mass is 262 g/mol. The van der Waals surface area contributed by atoms with Gasteiger partial charge >= 0.3 is 0 Å². The molecule has 1 heterocycles. The Labute approximate surface area is 107 Å². The first-order chi connectivity index (χ1) is 6.90. The lowest BCUT2D eigenvalue weighted by Crippen LogP contribution is -2.09. The summed E-state index contributed by atoms with van der Waals surface area (Å²) in [6, 6.07) is 7.97. The summed E-state index contributed by atoms with van der Waals surface area (Å²) in [5, 5.41) is 3.19. The number of nitrogens with zero attached hydrogens (tertiary/aromatic N) is 1. The fourth-order valence-corrected chi connectivity index (χ4v) is 1.35. The van der Waals surface area contributed by atoms with Gasteiger partial charge in [-0.25, -0.2) is 4.98 Å². The van der Waals surface area contributed by atoms with Crippen LogP contribution in [0.3, 0.4) is 0 Å². The van der Waals surface area contributed by atoms with Gasteiger partial charge in [0.1, 0.15) is 0 Å². The predicted octanol–water partition coefficient (Wildman–Crippen LogP) is 2.17. The molecule has 0 spiro atoms. The first kappa shape index (κ1) is 15.0. The first-order valence-electron chi connectivity index (χ1n) is 4.79. The van der Waals surface area contributed by atoms with Gasteiger partial charge in [-0.3, -0.25) is 0 Å². The van der Waals surface area contributed by atoms with Gasteiger partial charge < -0.3 is 16.0 Å². The highest BCUT2D eigenvalue weighted by atomic mass is 35.5. The molecule has 0 aliphatic heterocycles. The fourth-order valence-electron chi connectivity index (χ4n) is 1.35. The van der Waals surface area contributed by atoms with Gasteiger partial charge in [-0.15, -0.1) is 24.8 Å². The molecule has 2 aromatic rings. The zero-order chi connectivity index (χ0) is 9.80. The predicted molar refractivity (Wildman–Crippen MR) is 72.8 cm³/mol. The molecule has 0 aliphatic carbocycles. The average molecular weight is 263 g/mol. The van der Waals surface area contributed by atoms with Crippen LogP contribution in [-0.2, 0) is 0 Å². The van der Waals surface area contributed by atoms with Gasteiger partial charge in [-0.2, -0.15) is 0 Å². The van der Waals surface area contributed by atoms with E-state index in [-0.39, 0.29) is 24.8 Å². The summed E-state index contributed by atoms with van der Waals surface area (Å²) in [6.45, 7) is 1.56. The highest BCUT2D eigenvalue weighted by Crippen LogP contribution is 2.12. The van der Waals surface area contributed by atoms with Crippen LogP contribution in [0.1, 0.15) is 6.42 Å². The summed E-state index contributed by atoms with van der Waals surface area (Å²) >= 11 is 0. The maximum Gasteiger partial charge on any atom is 0.201 e. The molecule has 2 rings (SSSR count). The van der Waals surface area contributed by atoms with Crippen molar-refractivity contribution in [2.24, 2.45) is 5.73 Å². The number of fused-ring (bicyclic) bond motifs is 1. The minimum atomic E-state index is 0. The van der Waals surface area contributed by atoms with Crippen molar-refractivity contribution in [2.75, 3.05) is 18.4 Å². The zero-order valence-electron chi connectivity index (χ0n) is 8.77. The maximum atomic E-state index is 5.40. The molecule has 0 saturated heterocycles. The van der Waals surface area contributed by atoms with Crippen molar-refractivity contribution in [1.82, 2.24) is 9.97 Å². The van der Waals surface area contributed by atoms with Gasteiger partial charge in [0, 0.05) is 6.54 Å². The standard InChI is InChI=1S/C10H14N4.2ClH/c11-6-3-7-12-10-13-8-4-1-2-5-9(8)14-10;;/h1-2,4-5H,3,6-7,11H2,(H2,12,13,14);2*1H. The number of aromatic nitrogens is 2. The van der Waals surface area contributed by atoms with Crippen molar-refractivity contribution in [3.8, 4) is 0 Å². The van der Waals surface area contributed by atoms with Crippen LogP contribution >= 0.6 is 24.8 Å². The van der Waals surface area contributed by atoms with E-state index in [0.29, 0.717) is 6.54 Å². The van der Waals surface area contributed by atoms with Crippen LogP contribution in [0.5, 0.6) is 0 Å². The summed E-state index contributed by atoms with van der Waals surface area (Å²) in [5.41, 5.74) is 7.44. The molecule has 90 valence electrons. The van der Waals surface area contributed by atoms with E-state index < -0.39 is 0 Å². The Morgan fingerprint density at radius 2 is 2.00 bits per heavy atom. The highest BCUT2D eigenvalue weighted by Gasteiger charge is 1.99. The molecule has 0 amide bonds. The number of para-hydroxylation sites is 2. The van der Waals surface area contributed by atoms with E-state index in [2.05, 4.69) is 15.3 Å². The Balaban J connectivity index is 0.00000112. The number of hydrogen-bond donors (Lipinski definition) is 3. The summed E-state index contributed by atoms with van der Waals surface area (Å²) < 4.78 is 0. The van der Waals surface area contributed by atoms with E-state index in [0.717, 1.165) is 29.9 Å². The molecule has 0 radical (unpaired) electrons. The topological polar surface area (TPSA) is 66.7 Å². The van der Waals surface area contributed by atoms with Crippen LogP contribution in [0.4, 0.5) is 5.95 Å². The Kier molecular flexibility index (Phi) is 6.88. The number of imidazole rings is 1. The Morgan fingerprint density at radius 3 is 2.69 bits per heavy atom. The summed E-state index contributed by atoms with van der Waals surface area (Å²) in [4.78, 5) is 7.57. The zero-order valence-corrected chi connectivity index (χ0v) is 10.4. The lowest BCUT2D eigenvalue weighted by atomic mass is 10.3. The Hall–Kier alpha value is -0.970. The van der Waals surface area contributed by atoms with E-state index in [4.69, 9.17) is 5.73 Å². The second kappa shape index (κ2) is 7.33. The van der Waals surface area contributed by atoms with E-state index in [1.54, 1.807) is 0 Å². The molecule has 0 saturated carbocycles. The highest BCUT2D eigenvalue weighted by molar-refractivity contribution is 5.85. The molecule has 1 aromatic heterocycles. The lowest BCUT2D eigenvalue weighted by molar-refractivity contribution is 0.867. The molecule has 0 atom stereocenters. The smallest absolute Gasteiger partial charge is 0.201 e. The van der Waals surface area contributed by atoms with E-state index in [1.807, 2.05) is 24.3 Å². The van der Waals surface area contributed by atoms with E-state index in [1.165, 1.54) is 0 Å². The van der Waals surface area contributed by atoms with Gasteiger partial charge in [-0.05, 0) is 25.1 Å². The molecule has 4 N–H and O–H groups in total. The average Bonchev–Trinajstić information content (AvgIpc) is 2.60. The van der Waals surface area contributed by atoms with Crippen LogP contribution in [0.2, 0.25) is 0 Å². The molecule has 16 heavy (non-hydrogen) atoms. The third-order valence-electron chi connectivity index (χ3n) is 2.06. The van der Waals surface area contributed by atoms with Crippen molar-refractivity contribution in [2.45, 2.75) is 6.42 Å². The fraction of sp³-hybridized carbons (Fsp3) is 0.300. The number of H-pyrrole nitrogens is 1. The molecule has 0 fully saturated rings. The third-order valence-corrected chi connectivity index (χ3v) is 2.06. The van der Waals surface area contributed by atoms with Gasteiger partial charge in [0.25, 0.3) is 0 Å².